The van der Waals surface area contributed by atoms with E-state index in [1.165, 1.54) is 30.5 Å². The minimum absolute atomic E-state index is 0.0508. The van der Waals surface area contributed by atoms with Crippen molar-refractivity contribution in [3.8, 4) is 0 Å². The third-order valence-corrected chi connectivity index (χ3v) is 1.68. The van der Waals surface area contributed by atoms with Gasteiger partial charge in [-0.3, -0.25) is 10.1 Å². The summed E-state index contributed by atoms with van der Waals surface area (Å²) in [5.41, 5.74) is 7.19. The molecule has 0 amide bonds. The number of non-ortho nitro benzene ring substituents is 1. The van der Waals surface area contributed by atoms with Crippen molar-refractivity contribution in [2.45, 2.75) is 0 Å². The van der Waals surface area contributed by atoms with Gasteiger partial charge in [-0.15, -0.1) is 5.10 Å². The molecule has 0 bridgehead atoms. The highest BCUT2D eigenvalue weighted by Crippen LogP contribution is 2.10. The molecule has 3 N–H and O–H groups in total. The monoisotopic (exact) mass is 252 g/mol. The van der Waals surface area contributed by atoms with Gasteiger partial charge in [0.05, 0.1) is 11.1 Å². The summed E-state index contributed by atoms with van der Waals surface area (Å²) in [6, 6.07) is 5.50. The Morgan fingerprint density at radius 1 is 1.28 bits per heavy atom. The quantitative estimate of drug-likeness (QED) is 0.334. The van der Waals surface area contributed by atoms with Crippen molar-refractivity contribution in [2.24, 2.45) is 15.9 Å². The predicted molar refractivity (Wildman–Crippen MR) is 62.4 cm³/mol. The molecule has 10 heteroatoms. The van der Waals surface area contributed by atoms with Gasteiger partial charge in [0.2, 0.25) is 0 Å². The molecule has 1 aromatic carbocycles. The van der Waals surface area contributed by atoms with Gasteiger partial charge in [-0.25, -0.2) is 10.1 Å². The van der Waals surface area contributed by atoms with Gasteiger partial charge in [0.15, 0.2) is 5.03 Å². The number of hydrogen-bond donors (Lipinski definition) is 2. The zero-order valence-corrected chi connectivity index (χ0v) is 8.89. The number of hydrazine groups is 1. The second-order valence-corrected chi connectivity index (χ2v) is 2.95. The molecule has 0 spiro atoms. The predicted octanol–water partition coefficient (Wildman–Crippen LogP) is 0.0247. The Morgan fingerprint density at radius 3 is 2.39 bits per heavy atom. The number of nitro groups is 2. The summed E-state index contributed by atoms with van der Waals surface area (Å²) in [6.07, 6.45) is 1.25. The van der Waals surface area contributed by atoms with Crippen molar-refractivity contribution in [3.63, 3.8) is 0 Å². The SMILES string of the molecule is N/C(=N\N=C\c1ccc([N+](=O)[O-])cc1)N[N+](=O)[O-]. The van der Waals surface area contributed by atoms with E-state index in [2.05, 4.69) is 10.2 Å². The molecule has 0 aromatic heterocycles. The Bertz CT molecular complexity index is 509. The summed E-state index contributed by atoms with van der Waals surface area (Å²) >= 11 is 0. The number of benzene rings is 1. The fourth-order valence-corrected chi connectivity index (χ4v) is 0.956. The number of nitrogens with two attached hydrogens (primary N) is 1. The second-order valence-electron chi connectivity index (χ2n) is 2.95. The highest BCUT2D eigenvalue weighted by atomic mass is 16.7. The van der Waals surface area contributed by atoms with Crippen LogP contribution in [0, 0.1) is 20.2 Å². The van der Waals surface area contributed by atoms with E-state index < -0.39 is 15.9 Å². The Morgan fingerprint density at radius 2 is 1.89 bits per heavy atom. The molecule has 0 heterocycles. The topological polar surface area (TPSA) is 149 Å². The van der Waals surface area contributed by atoms with Crippen LogP contribution in [0.3, 0.4) is 0 Å². The van der Waals surface area contributed by atoms with Crippen molar-refractivity contribution < 1.29 is 9.96 Å². The summed E-state index contributed by atoms with van der Waals surface area (Å²) in [4.78, 5) is 19.8. The van der Waals surface area contributed by atoms with Gasteiger partial charge in [0, 0.05) is 12.1 Å². The molecule has 0 atom stereocenters. The average Bonchev–Trinajstić information content (AvgIpc) is 2.28. The lowest BCUT2D eigenvalue weighted by Gasteiger charge is -1.93. The standard InChI is InChI=1S/C8H8N6O4/c9-8(12-14(17)18)11-10-5-6-1-3-7(4-2-6)13(15)16/h1-5H,(H3,9,11,12)/b10-5+. The number of hydrogen-bond acceptors (Lipinski definition) is 6. The third-order valence-electron chi connectivity index (χ3n) is 1.68. The summed E-state index contributed by atoms with van der Waals surface area (Å²) in [5.74, 6) is -0.474. The van der Waals surface area contributed by atoms with Crippen LogP contribution in [0.15, 0.2) is 34.5 Å². The maximum atomic E-state index is 10.4. The Balaban J connectivity index is 2.67. The van der Waals surface area contributed by atoms with Crippen LogP contribution in [0.2, 0.25) is 0 Å². The lowest BCUT2D eigenvalue weighted by molar-refractivity contribution is -0.525. The molecule has 10 nitrogen and oxygen atoms in total. The number of nitro benzene ring substituents is 1. The maximum absolute atomic E-state index is 10.4. The molecule has 0 saturated heterocycles. The fourth-order valence-electron chi connectivity index (χ4n) is 0.956. The van der Waals surface area contributed by atoms with E-state index in [-0.39, 0.29) is 5.69 Å². The lowest BCUT2D eigenvalue weighted by atomic mass is 10.2. The van der Waals surface area contributed by atoms with E-state index >= 15 is 0 Å². The molecule has 0 fully saturated rings. The van der Waals surface area contributed by atoms with Crippen LogP contribution in [-0.4, -0.2) is 22.1 Å². The zero-order chi connectivity index (χ0) is 13.5. The number of guanidine groups is 1. The largest absolute Gasteiger partial charge is 0.364 e. The Hall–Kier alpha value is -3.04. The average molecular weight is 252 g/mol. The molecule has 18 heavy (non-hydrogen) atoms. The van der Waals surface area contributed by atoms with Crippen molar-refractivity contribution in [1.29, 1.82) is 0 Å². The van der Waals surface area contributed by atoms with Gasteiger partial charge in [-0.2, -0.15) is 5.10 Å². The van der Waals surface area contributed by atoms with Gasteiger partial charge in [-0.05, 0) is 17.7 Å². The lowest BCUT2D eigenvalue weighted by Crippen LogP contribution is -2.35. The molecular weight excluding hydrogens is 244 g/mol. The van der Waals surface area contributed by atoms with Crippen LogP contribution in [-0.2, 0) is 0 Å². The van der Waals surface area contributed by atoms with Crippen LogP contribution < -0.4 is 11.2 Å². The highest BCUT2D eigenvalue weighted by molar-refractivity contribution is 5.82. The van der Waals surface area contributed by atoms with E-state index in [1.807, 2.05) is 0 Å². The normalized spacial score (nSPS) is 11.4. The number of nitrogens with one attached hydrogen (secondary N) is 1. The first-order chi connectivity index (χ1) is 8.49. The number of rotatable bonds is 4. The molecule has 0 aliphatic rings. The van der Waals surface area contributed by atoms with Crippen molar-refractivity contribution in [2.75, 3.05) is 0 Å². The molecule has 0 unspecified atom stereocenters. The molecular formula is C8H8N6O4. The second kappa shape index (κ2) is 5.89. The van der Waals surface area contributed by atoms with E-state index in [0.29, 0.717) is 5.56 Å². The Kier molecular flexibility index (Phi) is 4.26. The first-order valence-electron chi connectivity index (χ1n) is 4.51. The molecule has 94 valence electrons. The summed E-state index contributed by atoms with van der Waals surface area (Å²) in [5, 5.41) is 26.2. The van der Waals surface area contributed by atoms with Crippen molar-refractivity contribution in [1.82, 2.24) is 5.43 Å². The Labute approximate surface area is 100 Å². The first kappa shape index (κ1) is 13.0. The molecule has 1 rings (SSSR count). The smallest absolute Gasteiger partial charge is 0.275 e. The fraction of sp³-hybridized carbons (Fsp3) is 0. The van der Waals surface area contributed by atoms with Gasteiger partial charge >= 0.3 is 0 Å². The van der Waals surface area contributed by atoms with Gasteiger partial charge in [0.25, 0.3) is 11.6 Å². The highest BCUT2D eigenvalue weighted by Gasteiger charge is 2.02. The van der Waals surface area contributed by atoms with E-state index in [0.717, 1.165) is 0 Å². The van der Waals surface area contributed by atoms with E-state index in [1.54, 1.807) is 5.43 Å². The van der Waals surface area contributed by atoms with Gasteiger partial charge < -0.3 is 5.73 Å². The first-order valence-corrected chi connectivity index (χ1v) is 4.51. The van der Waals surface area contributed by atoms with Crippen LogP contribution in [0.1, 0.15) is 5.56 Å². The van der Waals surface area contributed by atoms with E-state index in [4.69, 9.17) is 5.73 Å². The van der Waals surface area contributed by atoms with E-state index in [9.17, 15) is 20.2 Å². The molecule has 1 aromatic rings. The molecule has 0 saturated carbocycles. The third kappa shape index (κ3) is 4.22. The molecule has 0 aliphatic carbocycles. The van der Waals surface area contributed by atoms with Crippen molar-refractivity contribution in [3.05, 3.63) is 50.1 Å². The van der Waals surface area contributed by atoms with Crippen LogP contribution in [0.25, 0.3) is 0 Å². The zero-order valence-electron chi connectivity index (χ0n) is 8.89. The summed E-state index contributed by atoms with van der Waals surface area (Å²) in [6.45, 7) is 0. The van der Waals surface area contributed by atoms with Crippen LogP contribution in [0.4, 0.5) is 5.69 Å². The van der Waals surface area contributed by atoms with Crippen molar-refractivity contribution >= 4 is 17.9 Å². The maximum Gasteiger partial charge on any atom is 0.275 e. The molecule has 0 aliphatic heterocycles. The summed E-state index contributed by atoms with van der Waals surface area (Å²) < 4.78 is 0. The van der Waals surface area contributed by atoms with Gasteiger partial charge in [-0.1, -0.05) is 5.43 Å². The minimum atomic E-state index is -0.875. The number of nitrogens with zero attached hydrogens (tertiary/aromatic N) is 4. The minimum Gasteiger partial charge on any atom is -0.364 e. The molecule has 0 radical (unpaired) electrons. The van der Waals surface area contributed by atoms with Crippen LogP contribution in [0.5, 0.6) is 0 Å². The van der Waals surface area contributed by atoms with Gasteiger partial charge in [0.1, 0.15) is 0 Å². The van der Waals surface area contributed by atoms with Crippen LogP contribution >= 0.6 is 0 Å². The summed E-state index contributed by atoms with van der Waals surface area (Å²) in [7, 11) is 0.